The molecule has 3 nitrogen and oxygen atoms in total. The van der Waals surface area contributed by atoms with Crippen LogP contribution in [0.1, 0.15) is 19.8 Å². The first-order chi connectivity index (χ1) is 5.26. The Morgan fingerprint density at radius 2 is 2.27 bits per heavy atom. The molecule has 0 spiro atoms. The van der Waals surface area contributed by atoms with Gasteiger partial charge in [0, 0.05) is 13.0 Å². The summed E-state index contributed by atoms with van der Waals surface area (Å²) in [6.07, 6.45) is 4.45. The predicted molar refractivity (Wildman–Crippen MR) is 48.3 cm³/mol. The van der Waals surface area contributed by atoms with Crippen molar-refractivity contribution in [3.63, 3.8) is 0 Å². The third-order valence-electron chi connectivity index (χ3n) is 1.43. The molecule has 0 aromatic carbocycles. The highest BCUT2D eigenvalue weighted by atomic mass is 15.2. The fourth-order valence-electron chi connectivity index (χ4n) is 0.742. The van der Waals surface area contributed by atoms with Crippen LogP contribution >= 0.6 is 0 Å². The third kappa shape index (κ3) is 3.55. The van der Waals surface area contributed by atoms with E-state index in [-0.39, 0.29) is 0 Å². The lowest BCUT2D eigenvalue weighted by Crippen LogP contribution is -2.27. The minimum Gasteiger partial charge on any atom is -0.322 e. The maximum absolute atomic E-state index is 7.48. The molecule has 0 fully saturated rings. The monoisotopic (exact) mass is 153 g/mol. The molecule has 0 rings (SSSR count). The predicted octanol–water partition coefficient (Wildman–Crippen LogP) is 1.86. The molecule has 0 saturated carbocycles. The summed E-state index contributed by atoms with van der Waals surface area (Å²) in [7, 11) is 0. The first-order valence-corrected chi connectivity index (χ1v) is 3.71. The zero-order valence-corrected chi connectivity index (χ0v) is 6.93. The van der Waals surface area contributed by atoms with Crippen LogP contribution in [0.4, 0.5) is 0 Å². The number of rotatable bonds is 5. The molecule has 0 radical (unpaired) electrons. The van der Waals surface area contributed by atoms with Gasteiger partial charge in [0.15, 0.2) is 0 Å². The molecule has 0 aliphatic rings. The van der Waals surface area contributed by atoms with E-state index < -0.39 is 0 Å². The first-order valence-electron chi connectivity index (χ1n) is 3.71. The molecule has 0 atom stereocenters. The summed E-state index contributed by atoms with van der Waals surface area (Å²) in [6.45, 7) is 6.19. The van der Waals surface area contributed by atoms with Gasteiger partial charge in [0.05, 0.1) is 6.34 Å². The van der Waals surface area contributed by atoms with E-state index in [0.717, 1.165) is 6.42 Å². The second kappa shape index (κ2) is 5.65. The molecule has 0 aromatic rings. The Morgan fingerprint density at radius 1 is 1.64 bits per heavy atom. The van der Waals surface area contributed by atoms with Crippen LogP contribution in [0, 0.1) is 10.8 Å². The normalized spacial score (nSPS) is 8.82. The summed E-state index contributed by atoms with van der Waals surface area (Å²) in [5.41, 5.74) is 0. The van der Waals surface area contributed by atoms with Crippen LogP contribution in [-0.2, 0) is 0 Å². The van der Waals surface area contributed by atoms with E-state index in [0.29, 0.717) is 18.8 Å². The van der Waals surface area contributed by atoms with Crippen LogP contribution in [0.2, 0.25) is 0 Å². The Bertz CT molecular complexity index is 151. The molecule has 0 bridgehead atoms. The maximum atomic E-state index is 7.48. The Morgan fingerprint density at radius 3 is 2.64 bits per heavy atom. The van der Waals surface area contributed by atoms with Crippen molar-refractivity contribution in [1.29, 1.82) is 10.8 Å². The van der Waals surface area contributed by atoms with Gasteiger partial charge >= 0.3 is 0 Å². The van der Waals surface area contributed by atoms with Crippen molar-refractivity contribution < 1.29 is 0 Å². The molecule has 62 valence electrons. The van der Waals surface area contributed by atoms with Crippen molar-refractivity contribution in [3.8, 4) is 0 Å². The van der Waals surface area contributed by atoms with Crippen LogP contribution in [0.25, 0.3) is 0 Å². The summed E-state index contributed by atoms with van der Waals surface area (Å²) in [4.78, 5) is 1.60. The average Bonchev–Trinajstić information content (AvgIpc) is 2.03. The van der Waals surface area contributed by atoms with Gasteiger partial charge in [0.1, 0.15) is 5.84 Å². The summed E-state index contributed by atoms with van der Waals surface area (Å²) >= 11 is 0. The summed E-state index contributed by atoms with van der Waals surface area (Å²) < 4.78 is 0. The van der Waals surface area contributed by atoms with Gasteiger partial charge in [-0.1, -0.05) is 6.08 Å². The molecular weight excluding hydrogens is 138 g/mol. The SMILES string of the molecule is C=CCCC(=N)N(C=N)CC. The highest BCUT2D eigenvalue weighted by molar-refractivity contribution is 5.88. The second-order valence-electron chi connectivity index (χ2n) is 2.19. The molecule has 11 heavy (non-hydrogen) atoms. The minimum absolute atomic E-state index is 0.488. The molecular formula is C8H15N3. The van der Waals surface area contributed by atoms with E-state index in [1.807, 2.05) is 6.92 Å². The smallest absolute Gasteiger partial charge is 0.101 e. The number of amidine groups is 1. The molecule has 0 saturated heterocycles. The van der Waals surface area contributed by atoms with Crippen LogP contribution in [0.5, 0.6) is 0 Å². The van der Waals surface area contributed by atoms with Gasteiger partial charge in [-0.15, -0.1) is 6.58 Å². The van der Waals surface area contributed by atoms with Gasteiger partial charge in [0.25, 0.3) is 0 Å². The molecule has 0 aliphatic carbocycles. The van der Waals surface area contributed by atoms with Crippen LogP contribution in [-0.4, -0.2) is 23.6 Å². The average molecular weight is 153 g/mol. The largest absolute Gasteiger partial charge is 0.322 e. The van der Waals surface area contributed by atoms with Crippen molar-refractivity contribution in [3.05, 3.63) is 12.7 Å². The van der Waals surface area contributed by atoms with Crippen LogP contribution in [0.15, 0.2) is 12.7 Å². The van der Waals surface area contributed by atoms with E-state index >= 15 is 0 Å². The lowest BCUT2D eigenvalue weighted by molar-refractivity contribution is 0.633. The number of nitrogens with one attached hydrogen (secondary N) is 2. The number of nitrogens with zero attached hydrogens (tertiary/aromatic N) is 1. The van der Waals surface area contributed by atoms with Crippen molar-refractivity contribution in [2.75, 3.05) is 6.54 Å². The first kappa shape index (κ1) is 9.88. The van der Waals surface area contributed by atoms with Gasteiger partial charge in [-0.25, -0.2) is 0 Å². The van der Waals surface area contributed by atoms with E-state index in [1.165, 1.54) is 6.34 Å². The molecule has 0 unspecified atom stereocenters. The van der Waals surface area contributed by atoms with Gasteiger partial charge in [-0.3, -0.25) is 10.8 Å². The Balaban J connectivity index is 3.78. The van der Waals surface area contributed by atoms with Gasteiger partial charge in [-0.2, -0.15) is 0 Å². The highest BCUT2D eigenvalue weighted by Gasteiger charge is 2.01. The Kier molecular flexibility index (Phi) is 5.07. The van der Waals surface area contributed by atoms with Gasteiger partial charge < -0.3 is 4.90 Å². The van der Waals surface area contributed by atoms with Gasteiger partial charge in [-0.05, 0) is 13.3 Å². The van der Waals surface area contributed by atoms with Crippen molar-refractivity contribution >= 4 is 12.2 Å². The topological polar surface area (TPSA) is 50.9 Å². The molecule has 0 aliphatic heterocycles. The molecule has 3 heteroatoms. The second-order valence-corrected chi connectivity index (χ2v) is 2.19. The van der Waals surface area contributed by atoms with E-state index in [2.05, 4.69) is 6.58 Å². The summed E-state index contributed by atoms with van der Waals surface area (Å²) in [5.74, 6) is 0.488. The summed E-state index contributed by atoms with van der Waals surface area (Å²) in [6, 6.07) is 0. The van der Waals surface area contributed by atoms with E-state index in [4.69, 9.17) is 10.8 Å². The third-order valence-corrected chi connectivity index (χ3v) is 1.43. The molecule has 2 N–H and O–H groups in total. The molecule has 0 heterocycles. The number of hydrogen-bond donors (Lipinski definition) is 2. The number of hydrogen-bond acceptors (Lipinski definition) is 2. The Hall–Kier alpha value is -1.12. The zero-order chi connectivity index (χ0) is 8.69. The van der Waals surface area contributed by atoms with E-state index in [9.17, 15) is 0 Å². The van der Waals surface area contributed by atoms with Crippen molar-refractivity contribution in [2.45, 2.75) is 19.8 Å². The van der Waals surface area contributed by atoms with Gasteiger partial charge in [0.2, 0.25) is 0 Å². The van der Waals surface area contributed by atoms with Crippen LogP contribution < -0.4 is 0 Å². The quantitative estimate of drug-likeness (QED) is 0.353. The molecule has 0 amide bonds. The van der Waals surface area contributed by atoms with Crippen LogP contribution in [0.3, 0.4) is 0 Å². The van der Waals surface area contributed by atoms with Crippen molar-refractivity contribution in [2.24, 2.45) is 0 Å². The highest BCUT2D eigenvalue weighted by Crippen LogP contribution is 1.95. The van der Waals surface area contributed by atoms with E-state index in [1.54, 1.807) is 11.0 Å². The zero-order valence-electron chi connectivity index (χ0n) is 6.93. The fourth-order valence-corrected chi connectivity index (χ4v) is 0.742. The lowest BCUT2D eigenvalue weighted by atomic mass is 10.3. The lowest BCUT2D eigenvalue weighted by Gasteiger charge is -2.16. The molecule has 0 aromatic heterocycles. The maximum Gasteiger partial charge on any atom is 0.101 e. The standard InChI is InChI=1S/C8H15N3/c1-3-5-6-8(10)11(4-2)7-9/h3,7,9-10H,1,4-6H2,2H3. The Labute approximate surface area is 67.7 Å². The summed E-state index contributed by atoms with van der Waals surface area (Å²) in [5, 5.41) is 14.4. The van der Waals surface area contributed by atoms with Crippen molar-refractivity contribution in [1.82, 2.24) is 4.90 Å². The number of allylic oxidation sites excluding steroid dienone is 1. The minimum atomic E-state index is 0.488. The fraction of sp³-hybridized carbons (Fsp3) is 0.500.